The Morgan fingerprint density at radius 2 is 1.47 bits per heavy atom. The molecule has 1 aliphatic carbocycles. The van der Waals surface area contributed by atoms with Crippen LogP contribution in [0.3, 0.4) is 0 Å². The predicted molar refractivity (Wildman–Crippen MR) is 226 cm³/mol. The van der Waals surface area contributed by atoms with Gasteiger partial charge in [-0.1, -0.05) is 44.0 Å². The maximum Gasteiger partial charge on any atom is 0.303 e. The molecule has 5 rings (SSSR count). The van der Waals surface area contributed by atoms with E-state index >= 15 is 0 Å². The third-order valence-corrected chi connectivity index (χ3v) is 12.4. The van der Waals surface area contributed by atoms with Crippen molar-refractivity contribution >= 4 is 85.8 Å². The van der Waals surface area contributed by atoms with Crippen molar-refractivity contribution in [2.75, 3.05) is 18.0 Å². The lowest BCUT2D eigenvalue weighted by Crippen LogP contribution is -2.28. The minimum Gasteiger partial charge on any atom is -0.481 e. The third-order valence-electron chi connectivity index (χ3n) is 10.6. The van der Waals surface area contributed by atoms with E-state index in [2.05, 4.69) is 143 Å². The van der Waals surface area contributed by atoms with Crippen LogP contribution in [0.2, 0.25) is 0 Å². The lowest BCUT2D eigenvalue weighted by Gasteiger charge is -2.27. The van der Waals surface area contributed by atoms with Crippen LogP contribution in [0.25, 0.3) is 0 Å². The molecule has 2 heterocycles. The quantitative estimate of drug-likeness (QED) is 0.106. The van der Waals surface area contributed by atoms with Gasteiger partial charge < -0.3 is 15.1 Å². The monoisotopic (exact) mass is 935 g/mol. The molecule has 3 aliphatic rings. The largest absolute Gasteiger partial charge is 0.481 e. The fourth-order valence-electron chi connectivity index (χ4n) is 7.79. The maximum atomic E-state index is 11.1. The van der Waals surface area contributed by atoms with E-state index in [1.165, 1.54) is 41.1 Å². The SMILES string of the molecule is CC1(C)C(/C=C/C2=C(Cl)C(=C/C=C3/N(CCCCCC(=O)O)c4ccc(I)cc4C3(C)C)/CCC2)=[N+](CCCCCC(=O)O)c2ccc(I)cc21. The molecular weight excluding hydrogens is 886 g/mol. The second-order valence-electron chi connectivity index (χ2n) is 14.9. The number of hydrogen-bond donors (Lipinski definition) is 2. The van der Waals surface area contributed by atoms with E-state index in [4.69, 9.17) is 21.8 Å². The van der Waals surface area contributed by atoms with Gasteiger partial charge in [0.2, 0.25) is 5.69 Å². The summed E-state index contributed by atoms with van der Waals surface area (Å²) < 4.78 is 4.86. The van der Waals surface area contributed by atoms with Crippen LogP contribution in [-0.4, -0.2) is 45.5 Å². The zero-order valence-electron chi connectivity index (χ0n) is 30.2. The summed E-state index contributed by atoms with van der Waals surface area (Å²) in [5, 5.41) is 19.0. The zero-order chi connectivity index (χ0) is 36.9. The summed E-state index contributed by atoms with van der Waals surface area (Å²) in [7, 11) is 0. The van der Waals surface area contributed by atoms with Crippen LogP contribution in [0.5, 0.6) is 0 Å². The van der Waals surface area contributed by atoms with Crippen molar-refractivity contribution in [3.05, 3.63) is 101 Å². The summed E-state index contributed by atoms with van der Waals surface area (Å²) >= 11 is 12.0. The Labute approximate surface area is 335 Å². The molecule has 0 bridgehead atoms. The minimum atomic E-state index is -0.733. The van der Waals surface area contributed by atoms with Gasteiger partial charge in [-0.2, -0.15) is 4.58 Å². The van der Waals surface area contributed by atoms with Crippen LogP contribution < -0.4 is 4.90 Å². The topological polar surface area (TPSA) is 80.9 Å². The van der Waals surface area contributed by atoms with Crippen LogP contribution in [0.1, 0.15) is 109 Å². The van der Waals surface area contributed by atoms with Gasteiger partial charge >= 0.3 is 11.9 Å². The van der Waals surface area contributed by atoms with E-state index in [1.807, 2.05) is 0 Å². The van der Waals surface area contributed by atoms with Crippen LogP contribution in [0, 0.1) is 7.14 Å². The number of benzene rings is 2. The molecule has 0 unspecified atom stereocenters. The van der Waals surface area contributed by atoms with Gasteiger partial charge in [0.15, 0.2) is 5.71 Å². The molecule has 6 nitrogen and oxygen atoms in total. The average molecular weight is 936 g/mol. The number of anilines is 1. The molecule has 0 fully saturated rings. The van der Waals surface area contributed by atoms with E-state index < -0.39 is 11.9 Å². The lowest BCUT2D eigenvalue weighted by atomic mass is 9.81. The van der Waals surface area contributed by atoms with E-state index in [0.29, 0.717) is 12.8 Å². The van der Waals surface area contributed by atoms with Gasteiger partial charge in [-0.25, -0.2) is 0 Å². The summed E-state index contributed by atoms with van der Waals surface area (Å²) in [5.74, 6) is -1.47. The van der Waals surface area contributed by atoms with Crippen molar-refractivity contribution in [2.45, 2.75) is 109 Å². The number of unbranched alkanes of at least 4 members (excludes halogenated alkanes) is 4. The first-order valence-corrected chi connectivity index (χ1v) is 20.7. The fourth-order valence-corrected chi connectivity index (χ4v) is 9.09. The number of halogens is 3. The first-order chi connectivity index (χ1) is 24.2. The molecule has 0 aromatic heterocycles. The number of carboxylic acids is 2. The Morgan fingerprint density at radius 1 is 0.824 bits per heavy atom. The highest BCUT2D eigenvalue weighted by atomic mass is 127. The van der Waals surface area contributed by atoms with Crippen LogP contribution in [0.4, 0.5) is 11.4 Å². The van der Waals surface area contributed by atoms with Gasteiger partial charge in [-0.05, 0) is 157 Å². The third kappa shape index (κ3) is 9.21. The van der Waals surface area contributed by atoms with Crippen LogP contribution >= 0.6 is 56.8 Å². The molecular formula is C42H50ClI2N2O4+. The molecule has 0 spiro atoms. The number of aliphatic carboxylic acids is 2. The Morgan fingerprint density at radius 3 is 2.16 bits per heavy atom. The van der Waals surface area contributed by atoms with E-state index in [9.17, 15) is 9.59 Å². The Hall–Kier alpha value is -2.44. The highest BCUT2D eigenvalue weighted by Gasteiger charge is 2.44. The fraction of sp³-hybridized carbons (Fsp3) is 0.452. The first kappa shape index (κ1) is 39.8. The van der Waals surface area contributed by atoms with Crippen LogP contribution in [0.15, 0.2) is 82.6 Å². The number of hydrogen-bond acceptors (Lipinski definition) is 3. The molecule has 2 aromatic rings. The molecule has 272 valence electrons. The molecule has 9 heteroatoms. The van der Waals surface area contributed by atoms with E-state index in [0.717, 1.165) is 74.2 Å². The molecule has 0 saturated carbocycles. The van der Waals surface area contributed by atoms with Crippen molar-refractivity contribution in [3.63, 3.8) is 0 Å². The second kappa shape index (κ2) is 17.1. The standard InChI is InChI=1S/C42H49ClI2N2O4/c1-41(2)32-26-30(44)18-20-34(32)46(24-9-5-7-14-38(48)49)36(41)22-16-28-12-11-13-29(40(28)43)17-23-37-42(3,4)33-27-31(45)19-21-35(33)47(37)25-10-6-8-15-39(50)51/h16-23,26-27H,5-15,24-25H2,1-4H3,(H-,48,49,50,51)/p+1. The first-order valence-electron chi connectivity index (χ1n) is 18.2. The van der Waals surface area contributed by atoms with Gasteiger partial charge in [0, 0.05) is 72.5 Å². The zero-order valence-corrected chi connectivity index (χ0v) is 35.3. The number of rotatable bonds is 15. The molecule has 2 aliphatic heterocycles. The molecule has 0 amide bonds. The van der Waals surface area contributed by atoms with E-state index in [1.54, 1.807) is 0 Å². The van der Waals surface area contributed by atoms with Crippen molar-refractivity contribution in [1.82, 2.24) is 0 Å². The van der Waals surface area contributed by atoms with E-state index in [-0.39, 0.29) is 23.7 Å². The molecule has 0 atom stereocenters. The Balaban J connectivity index is 1.43. The smallest absolute Gasteiger partial charge is 0.303 e. The van der Waals surface area contributed by atoms with Gasteiger partial charge in [0.25, 0.3) is 0 Å². The van der Waals surface area contributed by atoms with Gasteiger partial charge in [0.05, 0.1) is 5.41 Å². The van der Waals surface area contributed by atoms with Gasteiger partial charge in [0.1, 0.15) is 6.54 Å². The molecule has 0 saturated heterocycles. The molecule has 0 radical (unpaired) electrons. The van der Waals surface area contributed by atoms with Crippen molar-refractivity contribution in [3.8, 4) is 0 Å². The Bertz CT molecular complexity index is 1840. The highest BCUT2D eigenvalue weighted by molar-refractivity contribution is 14.1. The molecule has 51 heavy (non-hydrogen) atoms. The normalized spacial score (nSPS) is 19.5. The highest BCUT2D eigenvalue weighted by Crippen LogP contribution is 2.49. The predicted octanol–water partition coefficient (Wildman–Crippen LogP) is 11.4. The average Bonchev–Trinajstić information content (AvgIpc) is 3.40. The summed E-state index contributed by atoms with van der Waals surface area (Å²) in [6, 6.07) is 13.4. The Kier molecular flexibility index (Phi) is 13.4. The number of carbonyl (C=O) groups is 2. The van der Waals surface area contributed by atoms with Gasteiger partial charge in [-0.3, -0.25) is 9.59 Å². The molecule has 2 aromatic carbocycles. The molecule has 2 N–H and O–H groups in total. The number of fused-ring (bicyclic) bond motifs is 2. The van der Waals surface area contributed by atoms with Gasteiger partial charge in [-0.15, -0.1) is 0 Å². The van der Waals surface area contributed by atoms with Crippen molar-refractivity contribution in [1.29, 1.82) is 0 Å². The van der Waals surface area contributed by atoms with Crippen LogP contribution in [-0.2, 0) is 20.4 Å². The summed E-state index contributed by atoms with van der Waals surface area (Å²) in [5.41, 5.74) is 9.52. The summed E-state index contributed by atoms with van der Waals surface area (Å²) in [6.07, 6.45) is 17.3. The van der Waals surface area contributed by atoms with Crippen molar-refractivity contribution < 1.29 is 24.4 Å². The lowest BCUT2D eigenvalue weighted by molar-refractivity contribution is -0.438. The second-order valence-corrected chi connectivity index (χ2v) is 17.8. The maximum absolute atomic E-state index is 11.1. The summed E-state index contributed by atoms with van der Waals surface area (Å²) in [4.78, 5) is 24.5. The minimum absolute atomic E-state index is 0.184. The van der Waals surface area contributed by atoms with Crippen molar-refractivity contribution in [2.24, 2.45) is 0 Å². The number of allylic oxidation sites excluding steroid dienone is 8. The number of carboxylic acid groups (broad SMARTS) is 2. The number of nitrogens with zero attached hydrogens (tertiary/aromatic N) is 2. The summed E-state index contributed by atoms with van der Waals surface area (Å²) in [6.45, 7) is 10.9.